The lowest BCUT2D eigenvalue weighted by atomic mass is 9.93. The molecule has 5 heteroatoms. The Morgan fingerprint density at radius 2 is 1.75 bits per heavy atom. The van der Waals surface area contributed by atoms with Crippen LogP contribution in [0.25, 0.3) is 0 Å². The minimum absolute atomic E-state index is 0.0967. The number of hydrogen-bond donors (Lipinski definition) is 1. The first kappa shape index (κ1) is 15.2. The molecule has 2 nitrogen and oxygen atoms in total. The number of aliphatic hydroxyl groups excluding tert-OH is 1. The first-order valence-electron chi connectivity index (χ1n) is 7.08. The number of aliphatic hydroxyl groups is 1. The van der Waals surface area contributed by atoms with Crippen LogP contribution < -0.4 is 4.90 Å². The van der Waals surface area contributed by atoms with Gasteiger partial charge in [-0.15, -0.1) is 0 Å². The molecule has 0 amide bonds. The van der Waals surface area contributed by atoms with E-state index in [1.54, 1.807) is 11.0 Å². The zero-order valence-corrected chi connectivity index (χ0v) is 11.4. The fourth-order valence-electron chi connectivity index (χ4n) is 2.96. The maximum atomic E-state index is 13.1. The van der Waals surface area contributed by atoms with Gasteiger partial charge in [0.15, 0.2) is 0 Å². The highest BCUT2D eigenvalue weighted by molar-refractivity contribution is 5.55. The lowest BCUT2D eigenvalue weighted by molar-refractivity contribution is -0.137. The fraction of sp³-hybridized carbons (Fsp3) is 0.600. The third-order valence-electron chi connectivity index (χ3n) is 3.88. The molecule has 0 aliphatic heterocycles. The van der Waals surface area contributed by atoms with E-state index < -0.39 is 11.7 Å². The van der Waals surface area contributed by atoms with Gasteiger partial charge in [-0.2, -0.15) is 13.2 Å². The van der Waals surface area contributed by atoms with Gasteiger partial charge in [0, 0.05) is 18.3 Å². The Bertz CT molecular complexity index is 427. The van der Waals surface area contributed by atoms with Crippen molar-refractivity contribution in [3.05, 3.63) is 29.8 Å². The largest absolute Gasteiger partial charge is 0.418 e. The van der Waals surface area contributed by atoms with E-state index in [1.807, 2.05) is 0 Å². The molecule has 112 valence electrons. The first-order valence-corrected chi connectivity index (χ1v) is 7.08. The third-order valence-corrected chi connectivity index (χ3v) is 3.88. The Kier molecular flexibility index (Phi) is 4.91. The molecular formula is C15H20F3NO. The van der Waals surface area contributed by atoms with Crippen LogP contribution in [0.15, 0.2) is 24.3 Å². The molecule has 0 spiro atoms. The molecule has 1 N–H and O–H groups in total. The summed E-state index contributed by atoms with van der Waals surface area (Å²) in [4.78, 5) is 1.74. The van der Waals surface area contributed by atoms with E-state index in [9.17, 15) is 18.3 Å². The standard InChI is InChI=1S/C15H20F3NO/c16-15(17,18)13-8-4-5-9-14(13)19(10-11-20)12-6-2-1-3-7-12/h4-5,8-9,12,20H,1-3,6-7,10-11H2. The molecule has 1 aromatic carbocycles. The molecule has 0 atom stereocenters. The highest BCUT2D eigenvalue weighted by Gasteiger charge is 2.35. The molecule has 1 saturated carbocycles. The molecular weight excluding hydrogens is 267 g/mol. The first-order chi connectivity index (χ1) is 9.54. The number of nitrogens with zero attached hydrogens (tertiary/aromatic N) is 1. The van der Waals surface area contributed by atoms with Crippen LogP contribution >= 0.6 is 0 Å². The average molecular weight is 287 g/mol. The summed E-state index contributed by atoms with van der Waals surface area (Å²) in [6.45, 7) is 0.112. The minimum atomic E-state index is -4.36. The van der Waals surface area contributed by atoms with Gasteiger partial charge in [-0.1, -0.05) is 31.4 Å². The van der Waals surface area contributed by atoms with Gasteiger partial charge in [-0.25, -0.2) is 0 Å². The Labute approximate surface area is 117 Å². The molecule has 0 saturated heterocycles. The van der Waals surface area contributed by atoms with Crippen LogP contribution in [0, 0.1) is 0 Å². The smallest absolute Gasteiger partial charge is 0.395 e. The second-order valence-corrected chi connectivity index (χ2v) is 5.22. The van der Waals surface area contributed by atoms with Gasteiger partial charge >= 0.3 is 6.18 Å². The summed E-state index contributed by atoms with van der Waals surface area (Å²) in [6, 6.07) is 5.75. The van der Waals surface area contributed by atoms with Gasteiger partial charge < -0.3 is 10.0 Å². The number of alkyl halides is 3. The van der Waals surface area contributed by atoms with E-state index in [0.29, 0.717) is 0 Å². The van der Waals surface area contributed by atoms with Crippen LogP contribution in [0.1, 0.15) is 37.7 Å². The molecule has 0 bridgehead atoms. The Hall–Kier alpha value is -1.23. The van der Waals surface area contributed by atoms with Crippen molar-refractivity contribution in [2.45, 2.75) is 44.3 Å². The van der Waals surface area contributed by atoms with Crippen molar-refractivity contribution >= 4 is 5.69 Å². The average Bonchev–Trinajstić information content (AvgIpc) is 2.45. The molecule has 0 radical (unpaired) electrons. The monoisotopic (exact) mass is 287 g/mol. The van der Waals surface area contributed by atoms with E-state index in [-0.39, 0.29) is 24.9 Å². The lowest BCUT2D eigenvalue weighted by Gasteiger charge is -2.37. The van der Waals surface area contributed by atoms with Gasteiger partial charge in [0.25, 0.3) is 0 Å². The van der Waals surface area contributed by atoms with Crippen LogP contribution in [-0.2, 0) is 6.18 Å². The summed E-state index contributed by atoms with van der Waals surface area (Å²) in [7, 11) is 0. The van der Waals surface area contributed by atoms with Crippen LogP contribution in [0.2, 0.25) is 0 Å². The molecule has 1 aliphatic carbocycles. The van der Waals surface area contributed by atoms with Crippen molar-refractivity contribution in [3.8, 4) is 0 Å². The molecule has 0 aromatic heterocycles. The van der Waals surface area contributed by atoms with Crippen molar-refractivity contribution < 1.29 is 18.3 Å². The van der Waals surface area contributed by atoms with Crippen molar-refractivity contribution in [1.29, 1.82) is 0 Å². The summed E-state index contributed by atoms with van der Waals surface area (Å²) in [5.41, 5.74) is -0.417. The van der Waals surface area contributed by atoms with Gasteiger partial charge in [-0.3, -0.25) is 0 Å². The minimum Gasteiger partial charge on any atom is -0.395 e. The molecule has 1 aliphatic rings. The zero-order chi connectivity index (χ0) is 14.6. The zero-order valence-electron chi connectivity index (χ0n) is 11.4. The van der Waals surface area contributed by atoms with Crippen LogP contribution in [0.4, 0.5) is 18.9 Å². The Morgan fingerprint density at radius 3 is 2.35 bits per heavy atom. The number of para-hydroxylation sites is 1. The van der Waals surface area contributed by atoms with E-state index in [0.717, 1.165) is 38.2 Å². The summed E-state index contributed by atoms with van der Waals surface area (Å²) < 4.78 is 39.4. The quantitative estimate of drug-likeness (QED) is 0.909. The highest BCUT2D eigenvalue weighted by atomic mass is 19.4. The van der Waals surface area contributed by atoms with E-state index in [1.165, 1.54) is 12.1 Å². The predicted octanol–water partition coefficient (Wildman–Crippen LogP) is 3.84. The highest BCUT2D eigenvalue weighted by Crippen LogP contribution is 2.38. The van der Waals surface area contributed by atoms with Crippen LogP contribution in [0.3, 0.4) is 0 Å². The lowest BCUT2D eigenvalue weighted by Crippen LogP contribution is -2.40. The third kappa shape index (κ3) is 3.45. The maximum absolute atomic E-state index is 13.1. The second-order valence-electron chi connectivity index (χ2n) is 5.22. The normalized spacial score (nSPS) is 17.2. The van der Waals surface area contributed by atoms with Crippen molar-refractivity contribution in [1.82, 2.24) is 0 Å². The Balaban J connectivity index is 2.33. The fourth-order valence-corrected chi connectivity index (χ4v) is 2.96. The molecule has 1 fully saturated rings. The van der Waals surface area contributed by atoms with Crippen molar-refractivity contribution in [2.24, 2.45) is 0 Å². The molecule has 0 unspecified atom stereocenters. The van der Waals surface area contributed by atoms with Gasteiger partial charge in [0.2, 0.25) is 0 Å². The predicted molar refractivity (Wildman–Crippen MR) is 72.7 cm³/mol. The van der Waals surface area contributed by atoms with Crippen molar-refractivity contribution in [3.63, 3.8) is 0 Å². The van der Waals surface area contributed by atoms with Crippen LogP contribution in [-0.4, -0.2) is 24.3 Å². The van der Waals surface area contributed by atoms with Gasteiger partial charge in [0.1, 0.15) is 0 Å². The van der Waals surface area contributed by atoms with Gasteiger partial charge in [-0.05, 0) is 25.0 Å². The maximum Gasteiger partial charge on any atom is 0.418 e. The van der Waals surface area contributed by atoms with E-state index in [4.69, 9.17) is 0 Å². The van der Waals surface area contributed by atoms with Crippen molar-refractivity contribution in [2.75, 3.05) is 18.1 Å². The molecule has 2 rings (SSSR count). The van der Waals surface area contributed by atoms with E-state index in [2.05, 4.69) is 0 Å². The SMILES string of the molecule is OCCN(c1ccccc1C(F)(F)F)C1CCCCC1. The number of benzene rings is 1. The van der Waals surface area contributed by atoms with E-state index >= 15 is 0 Å². The molecule has 0 heterocycles. The number of rotatable bonds is 4. The topological polar surface area (TPSA) is 23.5 Å². The van der Waals surface area contributed by atoms with Gasteiger partial charge in [0.05, 0.1) is 12.2 Å². The summed E-state index contributed by atoms with van der Waals surface area (Å²) in [5.74, 6) is 0. The summed E-state index contributed by atoms with van der Waals surface area (Å²) in [6.07, 6.45) is 0.656. The molecule has 1 aromatic rings. The second kappa shape index (κ2) is 6.48. The summed E-state index contributed by atoms with van der Waals surface area (Å²) in [5, 5.41) is 9.20. The van der Waals surface area contributed by atoms with Crippen LogP contribution in [0.5, 0.6) is 0 Å². The summed E-state index contributed by atoms with van der Waals surface area (Å²) >= 11 is 0. The molecule has 20 heavy (non-hydrogen) atoms. The number of halogens is 3. The number of hydrogen-bond acceptors (Lipinski definition) is 2. The number of anilines is 1. The Morgan fingerprint density at radius 1 is 1.10 bits per heavy atom.